The zero-order valence-electron chi connectivity index (χ0n) is 21.6. The Morgan fingerprint density at radius 1 is 0.892 bits per heavy atom. The topological polar surface area (TPSA) is 83.5 Å². The summed E-state index contributed by atoms with van der Waals surface area (Å²) in [4.78, 5) is 4.67. The molecule has 0 amide bonds. The highest BCUT2D eigenvalue weighted by Crippen LogP contribution is 2.26. The summed E-state index contributed by atoms with van der Waals surface area (Å²) in [5, 5.41) is 28.0. The lowest BCUT2D eigenvalue weighted by Crippen LogP contribution is -2.47. The second kappa shape index (κ2) is 17.0. The summed E-state index contributed by atoms with van der Waals surface area (Å²) in [5.41, 5.74) is 3.47. The number of anilines is 1. The molecule has 1 heterocycles. The van der Waals surface area contributed by atoms with E-state index in [1.165, 1.54) is 5.56 Å². The number of piperazine rings is 1. The van der Waals surface area contributed by atoms with E-state index in [0.29, 0.717) is 16.9 Å². The number of ether oxygens (including phenoxy) is 1. The molecule has 0 saturated carbocycles. The molecule has 3 aromatic carbocycles. The summed E-state index contributed by atoms with van der Waals surface area (Å²) >= 11 is 5.54. The van der Waals surface area contributed by atoms with Crippen molar-refractivity contribution in [3.63, 3.8) is 0 Å². The maximum absolute atomic E-state index is 9.49. The van der Waals surface area contributed by atoms with Gasteiger partial charge < -0.3 is 14.7 Å². The predicted molar refractivity (Wildman–Crippen MR) is 150 cm³/mol. The molecule has 3 aromatic rings. The molecule has 0 unspecified atom stereocenters. The van der Waals surface area contributed by atoms with Crippen molar-refractivity contribution in [2.75, 3.05) is 50.8 Å². The van der Waals surface area contributed by atoms with E-state index in [1.54, 1.807) is 6.07 Å². The van der Waals surface area contributed by atoms with Crippen molar-refractivity contribution in [1.29, 1.82) is 10.5 Å². The Balaban J connectivity index is 0.000000455. The van der Waals surface area contributed by atoms with Gasteiger partial charge in [0.1, 0.15) is 18.4 Å². The van der Waals surface area contributed by atoms with Crippen LogP contribution in [0.3, 0.4) is 0 Å². The van der Waals surface area contributed by atoms with Crippen LogP contribution in [0.25, 0.3) is 0 Å². The lowest BCUT2D eigenvalue weighted by Gasteiger charge is -2.36. The largest absolute Gasteiger partial charge is 0.491 e. The second-order valence-corrected chi connectivity index (χ2v) is 8.48. The van der Waals surface area contributed by atoms with E-state index in [9.17, 15) is 5.26 Å². The van der Waals surface area contributed by atoms with Crippen LogP contribution in [0.2, 0.25) is 5.02 Å². The summed E-state index contributed by atoms with van der Waals surface area (Å²) in [6.45, 7) is 8.81. The van der Waals surface area contributed by atoms with Gasteiger partial charge in [0.2, 0.25) is 0 Å². The highest BCUT2D eigenvalue weighted by atomic mass is 35.5. The molecular formula is C30H35ClN4O2. The number of aliphatic hydroxyl groups excluding tert-OH is 1. The fourth-order valence-corrected chi connectivity index (χ4v) is 3.94. The third-order valence-corrected chi connectivity index (χ3v) is 5.95. The Morgan fingerprint density at radius 3 is 2.11 bits per heavy atom. The highest BCUT2D eigenvalue weighted by molar-refractivity contribution is 6.30. The summed E-state index contributed by atoms with van der Waals surface area (Å²) in [6.07, 6.45) is 0.964. The Labute approximate surface area is 225 Å². The molecular weight excluding hydrogens is 484 g/mol. The van der Waals surface area contributed by atoms with Gasteiger partial charge in [0.05, 0.1) is 29.5 Å². The monoisotopic (exact) mass is 518 g/mol. The van der Waals surface area contributed by atoms with Crippen LogP contribution in [0.1, 0.15) is 30.5 Å². The number of hydrogen-bond donors (Lipinski definition) is 1. The van der Waals surface area contributed by atoms with Crippen molar-refractivity contribution in [1.82, 2.24) is 4.90 Å². The number of hydrogen-bond acceptors (Lipinski definition) is 6. The van der Waals surface area contributed by atoms with Crippen molar-refractivity contribution < 1.29 is 9.84 Å². The molecule has 0 aliphatic carbocycles. The fraction of sp³-hybridized carbons (Fsp3) is 0.333. The van der Waals surface area contributed by atoms with E-state index in [-0.39, 0.29) is 13.2 Å². The van der Waals surface area contributed by atoms with Crippen LogP contribution < -0.4 is 9.64 Å². The number of nitriles is 2. The maximum Gasteiger partial charge on any atom is 0.120 e. The Bertz CT molecular complexity index is 1130. The molecule has 1 saturated heterocycles. The van der Waals surface area contributed by atoms with Gasteiger partial charge in [0.25, 0.3) is 0 Å². The molecule has 1 N–H and O–H groups in total. The zero-order chi connectivity index (χ0) is 26.9. The first-order valence-electron chi connectivity index (χ1n) is 12.6. The van der Waals surface area contributed by atoms with Crippen LogP contribution >= 0.6 is 11.6 Å². The van der Waals surface area contributed by atoms with E-state index in [4.69, 9.17) is 26.7 Å². The van der Waals surface area contributed by atoms with Crippen molar-refractivity contribution in [3.8, 4) is 17.9 Å². The van der Waals surface area contributed by atoms with Crippen LogP contribution in [0.4, 0.5) is 5.69 Å². The molecule has 1 fully saturated rings. The summed E-state index contributed by atoms with van der Waals surface area (Å²) < 4.78 is 5.40. The molecule has 6 nitrogen and oxygen atoms in total. The van der Waals surface area contributed by atoms with Crippen molar-refractivity contribution in [2.45, 2.75) is 20.3 Å². The molecule has 0 spiro atoms. The minimum Gasteiger partial charge on any atom is -0.491 e. The first-order valence-corrected chi connectivity index (χ1v) is 13.0. The smallest absolute Gasteiger partial charge is 0.120 e. The molecule has 1 aliphatic rings. The number of benzene rings is 3. The first-order chi connectivity index (χ1) is 18.1. The van der Waals surface area contributed by atoms with Crippen molar-refractivity contribution in [3.05, 3.63) is 94.5 Å². The van der Waals surface area contributed by atoms with Crippen molar-refractivity contribution >= 4 is 17.3 Å². The summed E-state index contributed by atoms with van der Waals surface area (Å²) in [5.74, 6) is 0.607. The average molecular weight is 519 g/mol. The molecule has 0 aromatic heterocycles. The van der Waals surface area contributed by atoms with Gasteiger partial charge in [-0.15, -0.1) is 0 Å². The first kappa shape index (κ1) is 29.7. The molecule has 0 bridgehead atoms. The average Bonchev–Trinajstić information content (AvgIpc) is 2.97. The van der Waals surface area contributed by atoms with Crippen LogP contribution in [-0.4, -0.2) is 55.9 Å². The standard InChI is InChI=1S/C22H24N4O2.C6H5Cl.C2H6/c23-16-19-3-1-18(2-4-19)7-8-25-9-11-26(12-10-25)22-6-5-21(28-14-13-27)15-20(22)17-24;7-6-4-2-1-3-5-6;1-2/h1-6,15,27H,7-14H2;1-5H;1-2H3. The number of rotatable bonds is 7. The van der Waals surface area contributed by atoms with E-state index >= 15 is 0 Å². The van der Waals surface area contributed by atoms with Gasteiger partial charge >= 0.3 is 0 Å². The Morgan fingerprint density at radius 2 is 1.57 bits per heavy atom. The van der Waals surface area contributed by atoms with Crippen molar-refractivity contribution in [2.24, 2.45) is 0 Å². The number of halogens is 1. The second-order valence-electron chi connectivity index (χ2n) is 8.05. The third kappa shape index (κ3) is 10.1. The minimum absolute atomic E-state index is 0.0476. The molecule has 1 aliphatic heterocycles. The maximum atomic E-state index is 9.49. The van der Waals surface area contributed by atoms with E-state index in [2.05, 4.69) is 21.9 Å². The Kier molecular flexibility index (Phi) is 13.6. The highest BCUT2D eigenvalue weighted by Gasteiger charge is 2.19. The fourth-order valence-electron chi connectivity index (χ4n) is 3.79. The van der Waals surface area contributed by atoms with Crippen LogP contribution in [0.15, 0.2) is 72.8 Å². The molecule has 7 heteroatoms. The van der Waals surface area contributed by atoms with Gasteiger partial charge in [-0.05, 0) is 54.4 Å². The Hall–Kier alpha value is -3.55. The molecule has 0 atom stereocenters. The molecule has 4 rings (SSSR count). The van der Waals surface area contributed by atoms with Gasteiger partial charge in [-0.3, -0.25) is 4.90 Å². The normalized spacial score (nSPS) is 12.6. The SMILES string of the molecule is CC.Clc1ccccc1.N#Cc1ccc(CCN2CCN(c3ccc(OCCO)cc3C#N)CC2)cc1. The zero-order valence-corrected chi connectivity index (χ0v) is 22.4. The van der Waals surface area contributed by atoms with Crippen LogP contribution in [0.5, 0.6) is 5.75 Å². The number of nitrogens with zero attached hydrogens (tertiary/aromatic N) is 4. The molecule has 0 radical (unpaired) electrons. The van der Waals surface area contributed by atoms with Crippen LogP contribution in [0, 0.1) is 22.7 Å². The summed E-state index contributed by atoms with van der Waals surface area (Å²) in [6, 6.07) is 27.1. The van der Waals surface area contributed by atoms with E-state index < -0.39 is 0 Å². The molecule has 37 heavy (non-hydrogen) atoms. The lowest BCUT2D eigenvalue weighted by molar-refractivity contribution is 0.201. The number of aliphatic hydroxyl groups is 1. The quantitative estimate of drug-likeness (QED) is 0.442. The predicted octanol–water partition coefficient (Wildman–Crippen LogP) is 5.53. The molecule has 194 valence electrons. The van der Waals surface area contributed by atoms with Gasteiger partial charge in [0.15, 0.2) is 0 Å². The lowest BCUT2D eigenvalue weighted by atomic mass is 10.1. The third-order valence-electron chi connectivity index (χ3n) is 5.69. The minimum atomic E-state index is -0.0476. The summed E-state index contributed by atoms with van der Waals surface area (Å²) in [7, 11) is 0. The van der Waals surface area contributed by atoms with Gasteiger partial charge in [-0.25, -0.2) is 0 Å². The van der Waals surface area contributed by atoms with Crippen LogP contribution in [-0.2, 0) is 6.42 Å². The van der Waals surface area contributed by atoms with E-state index in [1.807, 2.05) is 80.6 Å². The van der Waals surface area contributed by atoms with Gasteiger partial charge in [-0.2, -0.15) is 10.5 Å². The van der Waals surface area contributed by atoms with Gasteiger partial charge in [0, 0.05) is 37.7 Å². The van der Waals surface area contributed by atoms with E-state index in [0.717, 1.165) is 49.9 Å². The van der Waals surface area contributed by atoms with Gasteiger partial charge in [-0.1, -0.05) is 55.8 Å².